The Bertz CT molecular complexity index is 414. The lowest BCUT2D eigenvalue weighted by Gasteiger charge is -2.07. The van der Waals surface area contributed by atoms with Gasteiger partial charge >= 0.3 is 0 Å². The summed E-state index contributed by atoms with van der Waals surface area (Å²) in [5, 5.41) is 9.14. The molecule has 0 radical (unpaired) electrons. The Kier molecular flexibility index (Phi) is 2.33. The lowest BCUT2D eigenvalue weighted by molar-refractivity contribution is 0.478. The van der Waals surface area contributed by atoms with Gasteiger partial charge in [-0.1, -0.05) is 6.07 Å². The van der Waals surface area contributed by atoms with Crippen LogP contribution in [0.3, 0.4) is 0 Å². The number of aromatic hydroxyl groups is 1. The number of rotatable bonds is 2. The highest BCUT2D eigenvalue weighted by molar-refractivity contribution is 7.92. The van der Waals surface area contributed by atoms with Crippen molar-refractivity contribution in [1.82, 2.24) is 0 Å². The number of hydrogen-bond donors (Lipinski definition) is 3. The molecule has 0 aromatic heterocycles. The SMILES string of the molecule is CS(=O)(=O)Nc1cccc(O)c1N. The summed E-state index contributed by atoms with van der Waals surface area (Å²) in [5.41, 5.74) is 5.62. The molecule has 6 heteroatoms. The van der Waals surface area contributed by atoms with Crippen LogP contribution in [-0.4, -0.2) is 19.8 Å². The van der Waals surface area contributed by atoms with E-state index in [1.54, 1.807) is 0 Å². The molecule has 1 aromatic rings. The third-order valence-electron chi connectivity index (χ3n) is 1.38. The van der Waals surface area contributed by atoms with Gasteiger partial charge in [0.1, 0.15) is 5.75 Å². The molecule has 1 rings (SSSR count). The summed E-state index contributed by atoms with van der Waals surface area (Å²) in [6, 6.07) is 4.35. The minimum absolute atomic E-state index is 0.0212. The highest BCUT2D eigenvalue weighted by atomic mass is 32.2. The van der Waals surface area contributed by atoms with Crippen molar-refractivity contribution in [1.29, 1.82) is 0 Å². The highest BCUT2D eigenvalue weighted by Gasteiger charge is 2.07. The molecule has 0 fully saturated rings. The van der Waals surface area contributed by atoms with E-state index in [1.807, 2.05) is 0 Å². The zero-order valence-corrected chi connectivity index (χ0v) is 7.80. The summed E-state index contributed by atoms with van der Waals surface area (Å²) in [4.78, 5) is 0. The highest BCUT2D eigenvalue weighted by Crippen LogP contribution is 2.28. The Morgan fingerprint density at radius 1 is 1.46 bits per heavy atom. The van der Waals surface area contributed by atoms with Crippen molar-refractivity contribution in [2.24, 2.45) is 0 Å². The molecule has 0 saturated carbocycles. The Morgan fingerprint density at radius 3 is 2.62 bits per heavy atom. The molecule has 0 aliphatic rings. The Balaban J connectivity index is 3.10. The van der Waals surface area contributed by atoms with Gasteiger partial charge in [0.15, 0.2) is 0 Å². The molecule has 0 aliphatic carbocycles. The van der Waals surface area contributed by atoms with Crippen LogP contribution in [0.5, 0.6) is 5.75 Å². The fourth-order valence-corrected chi connectivity index (χ4v) is 1.42. The summed E-state index contributed by atoms with van der Waals surface area (Å²) in [7, 11) is -3.36. The normalized spacial score (nSPS) is 11.2. The van der Waals surface area contributed by atoms with Crippen LogP contribution >= 0.6 is 0 Å². The van der Waals surface area contributed by atoms with E-state index in [1.165, 1.54) is 18.2 Å². The maximum Gasteiger partial charge on any atom is 0.229 e. The molecule has 0 saturated heterocycles. The number of nitrogens with one attached hydrogen (secondary N) is 1. The number of anilines is 2. The summed E-state index contributed by atoms with van der Waals surface area (Å²) in [6.07, 6.45) is 1.01. The standard InChI is InChI=1S/C7H10N2O3S/c1-13(11,12)9-5-3-2-4-6(10)7(5)8/h2-4,9-10H,8H2,1H3. The quantitative estimate of drug-likeness (QED) is 0.476. The number of phenols is 1. The number of sulfonamides is 1. The van der Waals surface area contributed by atoms with Crippen molar-refractivity contribution in [2.45, 2.75) is 0 Å². The third-order valence-corrected chi connectivity index (χ3v) is 1.97. The van der Waals surface area contributed by atoms with Crippen molar-refractivity contribution in [3.05, 3.63) is 18.2 Å². The number of hydrogen-bond acceptors (Lipinski definition) is 4. The smallest absolute Gasteiger partial charge is 0.229 e. The second-order valence-electron chi connectivity index (χ2n) is 2.61. The van der Waals surface area contributed by atoms with Crippen molar-refractivity contribution in [3.63, 3.8) is 0 Å². The van der Waals surface area contributed by atoms with Crippen LogP contribution in [0.15, 0.2) is 18.2 Å². The van der Waals surface area contributed by atoms with Gasteiger partial charge in [-0.25, -0.2) is 8.42 Å². The molecule has 5 nitrogen and oxygen atoms in total. The van der Waals surface area contributed by atoms with Crippen LogP contribution in [0, 0.1) is 0 Å². The minimum atomic E-state index is -3.36. The van der Waals surface area contributed by atoms with Gasteiger partial charge in [-0.05, 0) is 12.1 Å². The van der Waals surface area contributed by atoms with Gasteiger partial charge in [0.2, 0.25) is 10.0 Å². The fraction of sp³-hybridized carbons (Fsp3) is 0.143. The maximum absolute atomic E-state index is 10.8. The van der Waals surface area contributed by atoms with Gasteiger partial charge in [-0.2, -0.15) is 0 Å². The van der Waals surface area contributed by atoms with Crippen LogP contribution in [-0.2, 0) is 10.0 Å². The second kappa shape index (κ2) is 3.14. The van der Waals surface area contributed by atoms with E-state index in [2.05, 4.69) is 4.72 Å². The zero-order valence-electron chi connectivity index (χ0n) is 6.98. The molecule has 0 heterocycles. The first-order valence-corrected chi connectivity index (χ1v) is 5.34. The Morgan fingerprint density at radius 2 is 2.08 bits per heavy atom. The van der Waals surface area contributed by atoms with Crippen molar-refractivity contribution >= 4 is 21.4 Å². The average molecular weight is 202 g/mol. The largest absolute Gasteiger partial charge is 0.506 e. The molecule has 0 unspecified atom stereocenters. The number of para-hydroxylation sites is 1. The minimum Gasteiger partial charge on any atom is -0.506 e. The van der Waals surface area contributed by atoms with Crippen LogP contribution < -0.4 is 10.5 Å². The molecule has 13 heavy (non-hydrogen) atoms. The maximum atomic E-state index is 10.8. The molecule has 0 aliphatic heterocycles. The van der Waals surface area contributed by atoms with Crippen LogP contribution in [0.4, 0.5) is 11.4 Å². The van der Waals surface area contributed by atoms with Crippen LogP contribution in [0.25, 0.3) is 0 Å². The average Bonchev–Trinajstić information content (AvgIpc) is 1.96. The van der Waals surface area contributed by atoms with E-state index in [4.69, 9.17) is 10.8 Å². The van der Waals surface area contributed by atoms with E-state index < -0.39 is 10.0 Å². The second-order valence-corrected chi connectivity index (χ2v) is 4.36. The van der Waals surface area contributed by atoms with Crippen molar-refractivity contribution in [3.8, 4) is 5.75 Å². The summed E-state index contributed by atoms with van der Waals surface area (Å²) < 4.78 is 23.8. The number of nitrogens with two attached hydrogens (primary N) is 1. The molecule has 0 spiro atoms. The lowest BCUT2D eigenvalue weighted by Crippen LogP contribution is -2.11. The molecule has 0 amide bonds. The summed E-state index contributed by atoms with van der Waals surface area (Å²) in [6.45, 7) is 0. The van der Waals surface area contributed by atoms with E-state index in [0.29, 0.717) is 0 Å². The Labute approximate surface area is 76.2 Å². The zero-order chi connectivity index (χ0) is 10.1. The first-order valence-electron chi connectivity index (χ1n) is 3.45. The van der Waals surface area contributed by atoms with Crippen molar-refractivity contribution in [2.75, 3.05) is 16.7 Å². The third kappa shape index (κ3) is 2.51. The van der Waals surface area contributed by atoms with Gasteiger partial charge in [0.05, 0.1) is 17.6 Å². The van der Waals surface area contributed by atoms with Gasteiger partial charge < -0.3 is 10.8 Å². The van der Waals surface area contributed by atoms with Gasteiger partial charge in [-0.15, -0.1) is 0 Å². The van der Waals surface area contributed by atoms with E-state index in [9.17, 15) is 8.42 Å². The predicted molar refractivity (Wildman–Crippen MR) is 51.0 cm³/mol. The van der Waals surface area contributed by atoms with E-state index >= 15 is 0 Å². The van der Waals surface area contributed by atoms with Crippen molar-refractivity contribution < 1.29 is 13.5 Å². The molecular formula is C7H10N2O3S. The monoisotopic (exact) mass is 202 g/mol. The van der Waals surface area contributed by atoms with Gasteiger partial charge in [-0.3, -0.25) is 4.72 Å². The molecular weight excluding hydrogens is 192 g/mol. The fourth-order valence-electron chi connectivity index (χ4n) is 0.842. The molecule has 4 N–H and O–H groups in total. The van der Waals surface area contributed by atoms with Crippen LogP contribution in [0.2, 0.25) is 0 Å². The number of benzene rings is 1. The molecule has 0 atom stereocenters. The first kappa shape index (κ1) is 9.66. The Hall–Kier alpha value is -1.43. The molecule has 72 valence electrons. The van der Waals surface area contributed by atoms with E-state index in [-0.39, 0.29) is 17.1 Å². The van der Waals surface area contributed by atoms with Crippen LogP contribution in [0.1, 0.15) is 0 Å². The van der Waals surface area contributed by atoms with Gasteiger partial charge in [0.25, 0.3) is 0 Å². The first-order chi connectivity index (χ1) is 5.90. The molecule has 1 aromatic carbocycles. The topological polar surface area (TPSA) is 92.4 Å². The number of nitrogen functional groups attached to an aromatic ring is 1. The number of phenolic OH excluding ortho intramolecular Hbond substituents is 1. The lowest BCUT2D eigenvalue weighted by atomic mass is 10.2. The van der Waals surface area contributed by atoms with Gasteiger partial charge in [0, 0.05) is 0 Å². The molecule has 0 bridgehead atoms. The summed E-state index contributed by atoms with van der Waals surface area (Å²) in [5.74, 6) is -0.145. The van der Waals surface area contributed by atoms with E-state index in [0.717, 1.165) is 6.26 Å². The predicted octanol–water partition coefficient (Wildman–Crippen LogP) is 0.346. The summed E-state index contributed by atoms with van der Waals surface area (Å²) >= 11 is 0.